The second-order valence-corrected chi connectivity index (χ2v) is 5.39. The molecule has 2 rings (SSSR count). The maximum absolute atomic E-state index is 12.6. The quantitative estimate of drug-likeness (QED) is 0.854. The molecule has 0 saturated carbocycles. The summed E-state index contributed by atoms with van der Waals surface area (Å²) in [5.74, 6) is -0.870. The van der Waals surface area contributed by atoms with Crippen molar-refractivity contribution in [3.05, 3.63) is 57.8 Å². The van der Waals surface area contributed by atoms with E-state index in [4.69, 9.17) is 11.6 Å². The largest absolute Gasteiger partial charge is 0.288 e. The molecule has 0 N–H and O–H groups in total. The van der Waals surface area contributed by atoms with Crippen LogP contribution in [-0.2, 0) is 4.79 Å². The van der Waals surface area contributed by atoms with E-state index in [0.29, 0.717) is 28.3 Å². The molecule has 1 aromatic rings. The second kappa shape index (κ2) is 6.67. The lowest BCUT2D eigenvalue weighted by molar-refractivity contribution is -0.132. The molecule has 118 valence electrons. The normalized spacial score (nSPS) is 16.0. The SMILES string of the molecule is C/C=C1/C(CC)=C(C#N)C(=O)N1N(C)C(=O)c1cccc(Cl)c1. The fraction of sp³-hybridized carbons (Fsp3) is 0.235. The Bertz CT molecular complexity index is 774. The number of carbonyl (C=O) groups is 2. The third kappa shape index (κ3) is 2.86. The first-order chi connectivity index (χ1) is 11.0. The molecule has 1 aliphatic heterocycles. The van der Waals surface area contributed by atoms with Crippen molar-refractivity contribution < 1.29 is 9.59 Å². The highest BCUT2D eigenvalue weighted by Gasteiger charge is 2.38. The number of amides is 2. The topological polar surface area (TPSA) is 64.4 Å². The van der Waals surface area contributed by atoms with E-state index in [0.717, 1.165) is 0 Å². The number of nitriles is 1. The third-order valence-corrected chi connectivity index (χ3v) is 3.88. The molecular formula is C17H16ClN3O2. The van der Waals surface area contributed by atoms with Crippen molar-refractivity contribution >= 4 is 23.4 Å². The molecule has 0 saturated heterocycles. The molecule has 2 amide bonds. The lowest BCUT2D eigenvalue weighted by Crippen LogP contribution is -2.44. The third-order valence-electron chi connectivity index (χ3n) is 3.65. The number of hydrogen-bond donors (Lipinski definition) is 0. The van der Waals surface area contributed by atoms with Gasteiger partial charge < -0.3 is 0 Å². The molecule has 1 aromatic carbocycles. The fourth-order valence-corrected chi connectivity index (χ4v) is 2.76. The summed E-state index contributed by atoms with van der Waals surface area (Å²) >= 11 is 5.92. The number of benzene rings is 1. The predicted molar refractivity (Wildman–Crippen MR) is 87.1 cm³/mol. The van der Waals surface area contributed by atoms with Crippen molar-refractivity contribution in [3.63, 3.8) is 0 Å². The summed E-state index contributed by atoms with van der Waals surface area (Å²) in [5, 5.41) is 12.1. The molecule has 0 spiro atoms. The zero-order valence-corrected chi connectivity index (χ0v) is 13.9. The van der Waals surface area contributed by atoms with E-state index in [-0.39, 0.29) is 11.5 Å². The van der Waals surface area contributed by atoms with Gasteiger partial charge in [-0.2, -0.15) is 5.26 Å². The van der Waals surface area contributed by atoms with E-state index in [9.17, 15) is 14.9 Å². The number of hydrogen-bond acceptors (Lipinski definition) is 3. The number of nitrogens with zero attached hydrogens (tertiary/aromatic N) is 3. The van der Waals surface area contributed by atoms with E-state index >= 15 is 0 Å². The van der Waals surface area contributed by atoms with Crippen LogP contribution in [0.25, 0.3) is 0 Å². The average molecular weight is 330 g/mol. The molecule has 0 aromatic heterocycles. The summed E-state index contributed by atoms with van der Waals surface area (Å²) in [7, 11) is 1.50. The Kier molecular flexibility index (Phi) is 4.87. The standard InChI is InChI=1S/C17H16ClN3O2/c1-4-13-14(10-19)17(23)21(15(13)5-2)20(3)16(22)11-7-6-8-12(18)9-11/h5-9H,4H2,1-3H3/b15-5-. The van der Waals surface area contributed by atoms with E-state index in [1.807, 2.05) is 13.0 Å². The van der Waals surface area contributed by atoms with Crippen LogP contribution < -0.4 is 0 Å². The molecule has 0 atom stereocenters. The van der Waals surface area contributed by atoms with Gasteiger partial charge in [-0.05, 0) is 31.5 Å². The van der Waals surface area contributed by atoms with E-state index in [1.54, 1.807) is 31.2 Å². The molecule has 1 aliphatic rings. The minimum Gasteiger partial charge on any atom is -0.267 e. The van der Waals surface area contributed by atoms with E-state index in [2.05, 4.69) is 0 Å². The van der Waals surface area contributed by atoms with Gasteiger partial charge in [-0.1, -0.05) is 30.7 Å². The van der Waals surface area contributed by atoms with Gasteiger partial charge in [0.1, 0.15) is 11.6 Å². The van der Waals surface area contributed by atoms with Crippen LogP contribution in [0.5, 0.6) is 0 Å². The Morgan fingerprint density at radius 1 is 1.48 bits per heavy atom. The Labute approximate surface area is 140 Å². The summed E-state index contributed by atoms with van der Waals surface area (Å²) in [6.07, 6.45) is 2.26. The molecule has 0 fully saturated rings. The molecule has 5 nitrogen and oxygen atoms in total. The van der Waals surface area contributed by atoms with Gasteiger partial charge in [0.25, 0.3) is 11.8 Å². The molecule has 23 heavy (non-hydrogen) atoms. The van der Waals surface area contributed by atoms with Crippen molar-refractivity contribution in [2.24, 2.45) is 0 Å². The Morgan fingerprint density at radius 2 is 2.17 bits per heavy atom. The molecule has 1 heterocycles. The maximum atomic E-state index is 12.6. The average Bonchev–Trinajstić information content (AvgIpc) is 2.84. The van der Waals surface area contributed by atoms with Gasteiger partial charge >= 0.3 is 0 Å². The van der Waals surface area contributed by atoms with Gasteiger partial charge in [0.2, 0.25) is 0 Å². The van der Waals surface area contributed by atoms with Gasteiger partial charge in [-0.3, -0.25) is 9.59 Å². The Morgan fingerprint density at radius 3 is 2.70 bits per heavy atom. The summed E-state index contributed by atoms with van der Waals surface area (Å²) < 4.78 is 0. The number of allylic oxidation sites excluding steroid dienone is 2. The highest BCUT2D eigenvalue weighted by atomic mass is 35.5. The predicted octanol–water partition coefficient (Wildman–Crippen LogP) is 3.30. The lowest BCUT2D eigenvalue weighted by atomic mass is 10.1. The van der Waals surface area contributed by atoms with Gasteiger partial charge in [-0.25, -0.2) is 10.0 Å². The van der Waals surface area contributed by atoms with Crippen LogP contribution in [0, 0.1) is 11.3 Å². The number of carbonyl (C=O) groups excluding carboxylic acids is 2. The van der Waals surface area contributed by atoms with Crippen LogP contribution in [0.3, 0.4) is 0 Å². The van der Waals surface area contributed by atoms with E-state index in [1.165, 1.54) is 23.1 Å². The van der Waals surface area contributed by atoms with Crippen molar-refractivity contribution in [1.82, 2.24) is 10.0 Å². The van der Waals surface area contributed by atoms with Crippen LogP contribution >= 0.6 is 11.6 Å². The minimum absolute atomic E-state index is 0.0753. The van der Waals surface area contributed by atoms with Gasteiger partial charge in [0.05, 0.1) is 5.70 Å². The summed E-state index contributed by atoms with van der Waals surface area (Å²) in [5.41, 5.74) is 1.65. The summed E-state index contributed by atoms with van der Waals surface area (Å²) in [6, 6.07) is 8.44. The Balaban J connectivity index is 2.40. The molecular weight excluding hydrogens is 314 g/mol. The smallest absolute Gasteiger partial charge is 0.267 e. The van der Waals surface area contributed by atoms with Gasteiger partial charge in [0, 0.05) is 23.2 Å². The molecule has 6 heteroatoms. The lowest BCUT2D eigenvalue weighted by Gasteiger charge is -2.29. The van der Waals surface area contributed by atoms with E-state index < -0.39 is 5.91 Å². The van der Waals surface area contributed by atoms with Crippen molar-refractivity contribution in [3.8, 4) is 6.07 Å². The highest BCUT2D eigenvalue weighted by molar-refractivity contribution is 6.31. The first-order valence-corrected chi connectivity index (χ1v) is 7.51. The first kappa shape index (κ1) is 16.8. The zero-order chi connectivity index (χ0) is 17.1. The first-order valence-electron chi connectivity index (χ1n) is 7.14. The van der Waals surface area contributed by atoms with Crippen LogP contribution in [0.1, 0.15) is 30.6 Å². The van der Waals surface area contributed by atoms with Crippen molar-refractivity contribution in [2.45, 2.75) is 20.3 Å². The number of halogens is 1. The molecule has 0 bridgehead atoms. The highest BCUT2D eigenvalue weighted by Crippen LogP contribution is 2.32. The summed E-state index contributed by atoms with van der Waals surface area (Å²) in [4.78, 5) is 25.1. The van der Waals surface area contributed by atoms with Crippen LogP contribution in [0.15, 0.2) is 47.2 Å². The van der Waals surface area contributed by atoms with Gasteiger partial charge in [-0.15, -0.1) is 0 Å². The fourth-order valence-electron chi connectivity index (χ4n) is 2.57. The van der Waals surface area contributed by atoms with Crippen LogP contribution in [-0.4, -0.2) is 28.9 Å². The minimum atomic E-state index is -0.490. The number of hydrazine groups is 1. The monoisotopic (exact) mass is 329 g/mol. The van der Waals surface area contributed by atoms with Gasteiger partial charge in [0.15, 0.2) is 0 Å². The maximum Gasteiger partial charge on any atom is 0.288 e. The van der Waals surface area contributed by atoms with Crippen LogP contribution in [0.4, 0.5) is 0 Å². The summed E-state index contributed by atoms with van der Waals surface area (Å²) in [6.45, 7) is 3.63. The molecule has 0 radical (unpaired) electrons. The molecule has 0 unspecified atom stereocenters. The zero-order valence-electron chi connectivity index (χ0n) is 13.1. The second-order valence-electron chi connectivity index (χ2n) is 4.95. The molecule has 0 aliphatic carbocycles. The van der Waals surface area contributed by atoms with Crippen LogP contribution in [0.2, 0.25) is 5.02 Å². The Hall–Kier alpha value is -2.58. The number of rotatable bonds is 3. The van der Waals surface area contributed by atoms with Crippen molar-refractivity contribution in [2.75, 3.05) is 7.05 Å². The van der Waals surface area contributed by atoms with Crippen molar-refractivity contribution in [1.29, 1.82) is 5.26 Å².